The van der Waals surface area contributed by atoms with Gasteiger partial charge in [-0.25, -0.2) is 4.79 Å². The van der Waals surface area contributed by atoms with Crippen LogP contribution in [-0.4, -0.2) is 49.5 Å². The fourth-order valence-corrected chi connectivity index (χ4v) is 2.77. The van der Waals surface area contributed by atoms with Crippen molar-refractivity contribution in [2.75, 3.05) is 31.6 Å². The van der Waals surface area contributed by atoms with E-state index in [1.165, 1.54) is 17.9 Å². The molecule has 10 heteroatoms. The summed E-state index contributed by atoms with van der Waals surface area (Å²) in [6.07, 6.45) is -9.79. The molecule has 25 heavy (non-hydrogen) atoms. The average molecular weight is 370 g/mol. The third-order valence-corrected chi connectivity index (χ3v) is 3.87. The van der Waals surface area contributed by atoms with Crippen LogP contribution < -0.4 is 4.90 Å². The van der Waals surface area contributed by atoms with Gasteiger partial charge in [-0.05, 0) is 32.2 Å². The van der Waals surface area contributed by atoms with Crippen LogP contribution in [0.15, 0.2) is 24.3 Å². The van der Waals surface area contributed by atoms with Crippen molar-refractivity contribution in [2.45, 2.75) is 25.0 Å². The van der Waals surface area contributed by atoms with Gasteiger partial charge in [-0.1, -0.05) is 6.07 Å². The summed E-state index contributed by atoms with van der Waals surface area (Å²) in [5, 5.41) is 0. The van der Waals surface area contributed by atoms with Gasteiger partial charge in [0, 0.05) is 18.8 Å². The minimum Gasteiger partial charge on any atom is -0.431 e. The van der Waals surface area contributed by atoms with Crippen LogP contribution in [0.25, 0.3) is 0 Å². The summed E-state index contributed by atoms with van der Waals surface area (Å²) in [6, 6.07) is 4.17. The Hall–Kier alpha value is -1.97. The zero-order valence-corrected chi connectivity index (χ0v) is 13.4. The minimum atomic E-state index is -5.20. The number of piperazine rings is 1. The van der Waals surface area contributed by atoms with Gasteiger partial charge in [0.15, 0.2) is 5.72 Å². The van der Waals surface area contributed by atoms with E-state index >= 15 is 0 Å². The largest absolute Gasteiger partial charge is 0.491 e. The predicted octanol–water partition coefficient (Wildman–Crippen LogP) is 3.28. The third kappa shape index (κ3) is 4.36. The maximum atomic E-state index is 12.9. The fraction of sp³-hybridized carbons (Fsp3) is 0.533. The van der Waals surface area contributed by atoms with E-state index in [1.54, 1.807) is 11.9 Å². The molecule has 0 spiro atoms. The number of anilines is 1. The maximum absolute atomic E-state index is 12.9. The zero-order valence-electron chi connectivity index (χ0n) is 13.4. The van der Waals surface area contributed by atoms with E-state index in [0.717, 1.165) is 18.2 Å². The summed E-state index contributed by atoms with van der Waals surface area (Å²) in [7, 11) is 1.61. The van der Waals surface area contributed by atoms with Gasteiger partial charge < -0.3 is 9.64 Å². The van der Waals surface area contributed by atoms with E-state index in [1.807, 2.05) is 0 Å². The topological polar surface area (TPSA) is 32.8 Å². The molecule has 1 saturated heterocycles. The molecule has 0 saturated carbocycles. The summed E-state index contributed by atoms with van der Waals surface area (Å²) < 4.78 is 81.0. The molecule has 0 radical (unpaired) electrons. The lowest BCUT2D eigenvalue weighted by molar-refractivity contribution is -0.215. The summed E-state index contributed by atoms with van der Waals surface area (Å²) in [5.41, 5.74) is -2.67. The Morgan fingerprint density at radius 2 is 1.80 bits per heavy atom. The van der Waals surface area contributed by atoms with Crippen molar-refractivity contribution >= 4 is 11.7 Å². The van der Waals surface area contributed by atoms with Crippen LogP contribution in [0.4, 0.5) is 32.0 Å². The Bertz CT molecular complexity index is 646. The number of hydrogen-bond donors (Lipinski definition) is 0. The number of alkyl halides is 6. The monoisotopic (exact) mass is 370 g/mol. The highest BCUT2D eigenvalue weighted by molar-refractivity contribution is 5.76. The molecule has 0 amide bonds. The number of ether oxygens (including phenoxy) is 1. The molecule has 0 aromatic heterocycles. The van der Waals surface area contributed by atoms with Crippen molar-refractivity contribution in [2.24, 2.45) is 0 Å². The van der Waals surface area contributed by atoms with Crippen LogP contribution in [0.5, 0.6) is 0 Å². The van der Waals surface area contributed by atoms with Crippen molar-refractivity contribution in [3.63, 3.8) is 0 Å². The molecule has 0 N–H and O–H groups in total. The van der Waals surface area contributed by atoms with Gasteiger partial charge in [0.1, 0.15) is 0 Å². The molecule has 4 nitrogen and oxygen atoms in total. The highest BCUT2D eigenvalue weighted by atomic mass is 19.4. The van der Waals surface area contributed by atoms with Crippen molar-refractivity contribution in [1.82, 2.24) is 4.90 Å². The molecule has 1 aromatic rings. The SMILES string of the molecule is CN1CCN(c2cccc(C(F)(F)F)c2)[C@@](C)(OC(=O)C(F)(F)F)C1. The van der Waals surface area contributed by atoms with Crippen LogP contribution in [0.3, 0.4) is 0 Å². The third-order valence-electron chi connectivity index (χ3n) is 3.87. The van der Waals surface area contributed by atoms with Crippen LogP contribution in [-0.2, 0) is 15.7 Å². The Kier molecular flexibility index (Phi) is 4.95. The first kappa shape index (κ1) is 19.4. The standard InChI is InChI=1S/C15H16F6N2O2/c1-13(25-12(24)15(19,20)21)9-22(2)6-7-23(13)11-5-3-4-10(8-11)14(16,17)18/h3-5,8H,6-7,9H2,1-2H3/t13-/m0/s1. The molecule has 1 heterocycles. The Morgan fingerprint density at radius 1 is 1.16 bits per heavy atom. The van der Waals surface area contributed by atoms with E-state index in [0.29, 0.717) is 6.54 Å². The van der Waals surface area contributed by atoms with Crippen molar-refractivity contribution < 1.29 is 35.9 Å². The van der Waals surface area contributed by atoms with Gasteiger partial charge in [0.25, 0.3) is 0 Å². The van der Waals surface area contributed by atoms with E-state index in [4.69, 9.17) is 0 Å². The average Bonchev–Trinajstić information content (AvgIpc) is 2.45. The molecule has 1 aliphatic rings. The fourth-order valence-electron chi connectivity index (χ4n) is 2.77. The summed E-state index contributed by atoms with van der Waals surface area (Å²) in [4.78, 5) is 14.1. The summed E-state index contributed by atoms with van der Waals surface area (Å²) in [5.74, 6) is -2.39. The maximum Gasteiger partial charge on any atom is 0.491 e. The minimum absolute atomic E-state index is 0.0281. The van der Waals surface area contributed by atoms with Crippen LogP contribution in [0, 0.1) is 0 Å². The molecule has 0 unspecified atom stereocenters. The number of likely N-dealkylation sites (N-methyl/N-ethyl adjacent to an activating group) is 1. The normalized spacial score (nSPS) is 22.8. The quantitative estimate of drug-likeness (QED) is 0.591. The molecule has 0 aliphatic carbocycles. The van der Waals surface area contributed by atoms with Crippen molar-refractivity contribution in [3.05, 3.63) is 29.8 Å². The Morgan fingerprint density at radius 3 is 2.36 bits per heavy atom. The van der Waals surface area contributed by atoms with E-state index in [9.17, 15) is 31.1 Å². The van der Waals surface area contributed by atoms with Gasteiger partial charge in [0.2, 0.25) is 0 Å². The van der Waals surface area contributed by atoms with Gasteiger partial charge >= 0.3 is 18.3 Å². The molecule has 1 fully saturated rings. The molecule has 140 valence electrons. The predicted molar refractivity (Wildman–Crippen MR) is 76.8 cm³/mol. The summed E-state index contributed by atoms with van der Waals surface area (Å²) >= 11 is 0. The molecule has 1 atom stereocenters. The molecule has 2 rings (SSSR count). The molecular weight excluding hydrogens is 354 g/mol. The van der Waals surface area contributed by atoms with E-state index < -0.39 is 29.6 Å². The molecule has 1 aliphatic heterocycles. The van der Waals surface area contributed by atoms with E-state index in [2.05, 4.69) is 4.74 Å². The first-order chi connectivity index (χ1) is 11.3. The van der Waals surface area contributed by atoms with Gasteiger partial charge in [-0.2, -0.15) is 26.3 Å². The number of benzene rings is 1. The van der Waals surface area contributed by atoms with Crippen LogP contribution >= 0.6 is 0 Å². The number of rotatable bonds is 2. The summed E-state index contributed by atoms with van der Waals surface area (Å²) in [6.45, 7) is 1.63. The van der Waals surface area contributed by atoms with Gasteiger partial charge in [-0.15, -0.1) is 0 Å². The highest BCUT2D eigenvalue weighted by Gasteiger charge is 2.48. The number of carbonyl (C=O) groups excluding carboxylic acids is 1. The molecule has 0 bridgehead atoms. The molecular formula is C15H16F6N2O2. The van der Waals surface area contributed by atoms with Gasteiger partial charge in [0.05, 0.1) is 12.1 Å². The smallest absolute Gasteiger partial charge is 0.431 e. The van der Waals surface area contributed by atoms with Crippen molar-refractivity contribution in [1.29, 1.82) is 0 Å². The second-order valence-corrected chi connectivity index (χ2v) is 6.00. The molecule has 1 aromatic carbocycles. The van der Waals surface area contributed by atoms with E-state index in [-0.39, 0.29) is 18.8 Å². The number of carbonyl (C=O) groups is 1. The zero-order chi connectivity index (χ0) is 19.0. The lowest BCUT2D eigenvalue weighted by atomic mass is 10.1. The first-order valence-corrected chi connectivity index (χ1v) is 7.26. The number of nitrogens with zero attached hydrogens (tertiary/aromatic N) is 2. The lowest BCUT2D eigenvalue weighted by Crippen LogP contribution is -2.63. The second-order valence-electron chi connectivity index (χ2n) is 6.00. The van der Waals surface area contributed by atoms with Crippen molar-refractivity contribution in [3.8, 4) is 0 Å². The Balaban J connectivity index is 2.38. The lowest BCUT2D eigenvalue weighted by Gasteiger charge is -2.48. The first-order valence-electron chi connectivity index (χ1n) is 7.26. The number of halogens is 6. The Labute approximate surface area is 139 Å². The number of hydrogen-bond acceptors (Lipinski definition) is 4. The van der Waals surface area contributed by atoms with Gasteiger partial charge in [-0.3, -0.25) is 4.90 Å². The highest BCUT2D eigenvalue weighted by Crippen LogP contribution is 2.35. The number of esters is 1. The van der Waals surface area contributed by atoms with Crippen LogP contribution in [0.1, 0.15) is 12.5 Å². The second kappa shape index (κ2) is 6.40. The van der Waals surface area contributed by atoms with Crippen LogP contribution in [0.2, 0.25) is 0 Å².